The average molecular weight is 361 g/mol. The predicted octanol–water partition coefficient (Wildman–Crippen LogP) is 3.22. The average Bonchev–Trinajstić information content (AvgIpc) is 2.99. The van der Waals surface area contributed by atoms with Gasteiger partial charge in [0.25, 0.3) is 0 Å². The molecule has 1 fully saturated rings. The Morgan fingerprint density at radius 2 is 2.00 bits per heavy atom. The SMILES string of the molecule is Cc1cn(-c2ncc(F)cc2C2CCN(C(=O)OC(C)(C)C)CC2)nn1. The van der Waals surface area contributed by atoms with E-state index in [2.05, 4.69) is 15.3 Å². The number of ether oxygens (including phenoxy) is 1. The van der Waals surface area contributed by atoms with Crippen LogP contribution in [-0.2, 0) is 4.74 Å². The van der Waals surface area contributed by atoms with Crippen LogP contribution in [0.1, 0.15) is 50.8 Å². The second-order valence-electron chi connectivity index (χ2n) is 7.61. The van der Waals surface area contributed by atoms with E-state index in [4.69, 9.17) is 4.74 Å². The van der Waals surface area contributed by atoms with Crippen molar-refractivity contribution in [1.82, 2.24) is 24.9 Å². The molecule has 3 rings (SSSR count). The maximum absolute atomic E-state index is 13.8. The second kappa shape index (κ2) is 7.01. The molecule has 0 unspecified atom stereocenters. The lowest BCUT2D eigenvalue weighted by molar-refractivity contribution is 0.0204. The number of pyridine rings is 1. The van der Waals surface area contributed by atoms with Crippen molar-refractivity contribution in [2.45, 2.75) is 52.1 Å². The lowest BCUT2D eigenvalue weighted by atomic mass is 9.89. The summed E-state index contributed by atoms with van der Waals surface area (Å²) in [6, 6.07) is 1.51. The molecule has 3 heterocycles. The molecule has 1 saturated heterocycles. The van der Waals surface area contributed by atoms with Gasteiger partial charge in [0, 0.05) is 18.7 Å². The first-order valence-electron chi connectivity index (χ1n) is 8.75. The van der Waals surface area contributed by atoms with Crippen LogP contribution in [0.3, 0.4) is 0 Å². The predicted molar refractivity (Wildman–Crippen MR) is 93.6 cm³/mol. The van der Waals surface area contributed by atoms with Crippen molar-refractivity contribution < 1.29 is 13.9 Å². The Labute approximate surface area is 152 Å². The Balaban J connectivity index is 1.75. The summed E-state index contributed by atoms with van der Waals surface area (Å²) in [6.45, 7) is 8.51. The highest BCUT2D eigenvalue weighted by Crippen LogP contribution is 2.32. The number of carbonyl (C=O) groups is 1. The first-order valence-corrected chi connectivity index (χ1v) is 8.75. The maximum atomic E-state index is 13.8. The fourth-order valence-electron chi connectivity index (χ4n) is 3.09. The summed E-state index contributed by atoms with van der Waals surface area (Å²) in [4.78, 5) is 18.1. The highest BCUT2D eigenvalue weighted by atomic mass is 19.1. The third-order valence-corrected chi connectivity index (χ3v) is 4.27. The van der Waals surface area contributed by atoms with Crippen molar-refractivity contribution in [3.8, 4) is 5.82 Å². The zero-order valence-corrected chi connectivity index (χ0v) is 15.6. The van der Waals surface area contributed by atoms with Crippen LogP contribution in [0.15, 0.2) is 18.5 Å². The van der Waals surface area contributed by atoms with Crippen LogP contribution in [0.25, 0.3) is 5.82 Å². The van der Waals surface area contributed by atoms with Gasteiger partial charge in [0.15, 0.2) is 5.82 Å². The van der Waals surface area contributed by atoms with Crippen molar-refractivity contribution in [3.63, 3.8) is 0 Å². The van der Waals surface area contributed by atoms with Crippen molar-refractivity contribution in [2.75, 3.05) is 13.1 Å². The molecule has 0 saturated carbocycles. The van der Waals surface area contributed by atoms with Crippen LogP contribution in [-0.4, -0.2) is 49.7 Å². The number of rotatable bonds is 2. The zero-order chi connectivity index (χ0) is 18.9. The number of halogens is 1. The van der Waals surface area contributed by atoms with E-state index in [1.807, 2.05) is 27.7 Å². The van der Waals surface area contributed by atoms with Gasteiger partial charge in [-0.25, -0.2) is 18.9 Å². The fourth-order valence-corrected chi connectivity index (χ4v) is 3.09. The number of aryl methyl sites for hydroxylation is 1. The smallest absolute Gasteiger partial charge is 0.410 e. The van der Waals surface area contributed by atoms with Crippen molar-refractivity contribution in [2.24, 2.45) is 0 Å². The van der Waals surface area contributed by atoms with Gasteiger partial charge in [-0.3, -0.25) is 0 Å². The van der Waals surface area contributed by atoms with E-state index in [9.17, 15) is 9.18 Å². The van der Waals surface area contributed by atoms with E-state index in [0.29, 0.717) is 31.7 Å². The molecule has 0 aliphatic carbocycles. The first kappa shape index (κ1) is 18.3. The number of nitrogens with zero attached hydrogens (tertiary/aromatic N) is 5. The molecule has 1 amide bonds. The van der Waals surface area contributed by atoms with Crippen LogP contribution in [0.2, 0.25) is 0 Å². The summed E-state index contributed by atoms with van der Waals surface area (Å²) in [5.41, 5.74) is 1.04. The lowest BCUT2D eigenvalue weighted by Crippen LogP contribution is -2.41. The van der Waals surface area contributed by atoms with Gasteiger partial charge in [0.05, 0.1) is 18.1 Å². The van der Waals surface area contributed by atoms with Gasteiger partial charge in [-0.15, -0.1) is 5.10 Å². The molecule has 1 aliphatic heterocycles. The number of carbonyl (C=O) groups excluding carboxylic acids is 1. The van der Waals surface area contributed by atoms with E-state index in [-0.39, 0.29) is 17.8 Å². The van der Waals surface area contributed by atoms with Crippen LogP contribution >= 0.6 is 0 Å². The Kier molecular flexibility index (Phi) is 4.93. The fraction of sp³-hybridized carbons (Fsp3) is 0.556. The molecule has 8 heteroatoms. The number of aromatic nitrogens is 4. The molecule has 0 bridgehead atoms. The molecule has 140 valence electrons. The Morgan fingerprint density at radius 1 is 1.31 bits per heavy atom. The lowest BCUT2D eigenvalue weighted by Gasteiger charge is -2.33. The van der Waals surface area contributed by atoms with E-state index in [0.717, 1.165) is 11.3 Å². The minimum atomic E-state index is -0.515. The van der Waals surface area contributed by atoms with E-state index < -0.39 is 5.60 Å². The van der Waals surface area contributed by atoms with Gasteiger partial charge in [-0.1, -0.05) is 5.21 Å². The largest absolute Gasteiger partial charge is 0.444 e. The van der Waals surface area contributed by atoms with Crippen LogP contribution < -0.4 is 0 Å². The van der Waals surface area contributed by atoms with Crippen molar-refractivity contribution >= 4 is 6.09 Å². The third-order valence-electron chi connectivity index (χ3n) is 4.27. The number of hydrogen-bond acceptors (Lipinski definition) is 5. The van der Waals surface area contributed by atoms with E-state index >= 15 is 0 Å². The number of hydrogen-bond donors (Lipinski definition) is 0. The maximum Gasteiger partial charge on any atom is 0.410 e. The molecule has 0 aromatic carbocycles. The first-order chi connectivity index (χ1) is 12.2. The van der Waals surface area contributed by atoms with E-state index in [1.54, 1.807) is 15.8 Å². The number of amides is 1. The molecule has 0 N–H and O–H groups in total. The summed E-state index contributed by atoms with van der Waals surface area (Å²) in [6.07, 6.45) is 4.07. The Morgan fingerprint density at radius 3 is 2.58 bits per heavy atom. The van der Waals surface area contributed by atoms with Crippen LogP contribution in [0, 0.1) is 12.7 Å². The standard InChI is InChI=1S/C18H24FN5O2/c1-12-11-24(22-21-12)16-15(9-14(19)10-20-16)13-5-7-23(8-6-13)17(25)26-18(2,3)4/h9-11,13H,5-8H2,1-4H3. The summed E-state index contributed by atoms with van der Waals surface area (Å²) >= 11 is 0. The molecule has 7 nitrogen and oxygen atoms in total. The molecule has 2 aromatic heterocycles. The molecule has 0 spiro atoms. The van der Waals surface area contributed by atoms with Gasteiger partial charge in [-0.05, 0) is 52.5 Å². The zero-order valence-electron chi connectivity index (χ0n) is 15.6. The minimum Gasteiger partial charge on any atom is -0.444 e. The highest BCUT2D eigenvalue weighted by molar-refractivity contribution is 5.68. The quantitative estimate of drug-likeness (QED) is 0.821. The third kappa shape index (κ3) is 4.17. The second-order valence-corrected chi connectivity index (χ2v) is 7.61. The summed E-state index contributed by atoms with van der Waals surface area (Å²) in [5, 5.41) is 8.03. The van der Waals surface area contributed by atoms with E-state index in [1.165, 1.54) is 12.3 Å². The normalized spacial score (nSPS) is 16.0. The van der Waals surface area contributed by atoms with Crippen LogP contribution in [0.4, 0.5) is 9.18 Å². The van der Waals surface area contributed by atoms with Crippen molar-refractivity contribution in [3.05, 3.63) is 35.5 Å². The van der Waals surface area contributed by atoms with Crippen LogP contribution in [0.5, 0.6) is 0 Å². The summed E-state index contributed by atoms with van der Waals surface area (Å²) < 4.78 is 20.8. The van der Waals surface area contributed by atoms with Gasteiger partial charge >= 0.3 is 6.09 Å². The molecule has 0 atom stereocenters. The van der Waals surface area contributed by atoms with Gasteiger partial charge in [0.2, 0.25) is 0 Å². The topological polar surface area (TPSA) is 73.1 Å². The number of likely N-dealkylation sites (tertiary alicyclic amines) is 1. The Bertz CT molecular complexity index is 791. The molecule has 2 aromatic rings. The Hall–Kier alpha value is -2.51. The number of piperidine rings is 1. The minimum absolute atomic E-state index is 0.0939. The summed E-state index contributed by atoms with van der Waals surface area (Å²) in [5.74, 6) is 0.300. The van der Waals surface area contributed by atoms with Crippen molar-refractivity contribution in [1.29, 1.82) is 0 Å². The monoisotopic (exact) mass is 361 g/mol. The summed E-state index contributed by atoms with van der Waals surface area (Å²) in [7, 11) is 0. The molecule has 0 radical (unpaired) electrons. The molecule has 1 aliphatic rings. The van der Waals surface area contributed by atoms with Gasteiger partial charge in [0.1, 0.15) is 11.4 Å². The molecule has 26 heavy (non-hydrogen) atoms. The highest BCUT2D eigenvalue weighted by Gasteiger charge is 2.29. The molecular formula is C18H24FN5O2. The van der Waals surface area contributed by atoms with Gasteiger partial charge < -0.3 is 9.64 Å². The molecular weight excluding hydrogens is 337 g/mol. The van der Waals surface area contributed by atoms with Gasteiger partial charge in [-0.2, -0.15) is 0 Å².